The van der Waals surface area contributed by atoms with E-state index in [1.807, 2.05) is 0 Å². The summed E-state index contributed by atoms with van der Waals surface area (Å²) in [6.45, 7) is 0. The van der Waals surface area contributed by atoms with Gasteiger partial charge in [-0.15, -0.1) is 0 Å². The molecule has 100 valence electrons. The summed E-state index contributed by atoms with van der Waals surface area (Å²) < 4.78 is 18.7. The lowest BCUT2D eigenvalue weighted by Crippen LogP contribution is -2.29. The highest BCUT2D eigenvalue weighted by Gasteiger charge is 2.23. The molecule has 4 heteroatoms. The monoisotopic (exact) mass is 252 g/mol. The van der Waals surface area contributed by atoms with Crippen LogP contribution >= 0.6 is 0 Å². The maximum absolute atomic E-state index is 13.4. The molecule has 0 saturated heterocycles. The molecule has 0 aliphatic heterocycles. The van der Waals surface area contributed by atoms with E-state index in [4.69, 9.17) is 10.6 Å². The van der Waals surface area contributed by atoms with Crippen LogP contribution in [0.1, 0.15) is 43.7 Å². The van der Waals surface area contributed by atoms with Crippen molar-refractivity contribution in [2.45, 2.75) is 38.1 Å². The van der Waals surface area contributed by atoms with Gasteiger partial charge in [-0.1, -0.05) is 25.7 Å². The van der Waals surface area contributed by atoms with Crippen molar-refractivity contribution in [3.05, 3.63) is 29.6 Å². The number of hydrazine groups is 1. The van der Waals surface area contributed by atoms with Gasteiger partial charge in [0.2, 0.25) is 0 Å². The second kappa shape index (κ2) is 6.16. The smallest absolute Gasteiger partial charge is 0.123 e. The number of methoxy groups -OCH3 is 1. The summed E-state index contributed by atoms with van der Waals surface area (Å²) in [5.41, 5.74) is 3.61. The molecule has 2 rings (SSSR count). The zero-order valence-corrected chi connectivity index (χ0v) is 10.8. The van der Waals surface area contributed by atoms with Crippen LogP contribution in [0.25, 0.3) is 0 Å². The molecule has 3 nitrogen and oxygen atoms in total. The van der Waals surface area contributed by atoms with E-state index in [1.165, 1.54) is 37.8 Å². The molecule has 1 aliphatic rings. The van der Waals surface area contributed by atoms with E-state index in [1.54, 1.807) is 13.2 Å². The summed E-state index contributed by atoms with van der Waals surface area (Å²) in [4.78, 5) is 0. The molecule has 0 spiro atoms. The highest BCUT2D eigenvalue weighted by molar-refractivity contribution is 5.36. The first-order valence-corrected chi connectivity index (χ1v) is 6.54. The molecular weight excluding hydrogens is 231 g/mol. The Bertz CT molecular complexity index is 391. The minimum absolute atomic E-state index is 0.0428. The average Bonchev–Trinajstić information content (AvgIpc) is 2.88. The molecule has 1 aliphatic carbocycles. The number of rotatable bonds is 5. The van der Waals surface area contributed by atoms with E-state index in [0.717, 1.165) is 12.0 Å². The summed E-state index contributed by atoms with van der Waals surface area (Å²) in [6.07, 6.45) is 6.02. The van der Waals surface area contributed by atoms with E-state index in [-0.39, 0.29) is 11.9 Å². The minimum atomic E-state index is -0.252. The molecule has 0 radical (unpaired) electrons. The van der Waals surface area contributed by atoms with E-state index in [2.05, 4.69) is 5.43 Å². The van der Waals surface area contributed by atoms with Gasteiger partial charge in [-0.05, 0) is 30.5 Å². The Hall–Kier alpha value is -1.13. The largest absolute Gasteiger partial charge is 0.496 e. The molecule has 0 bridgehead atoms. The topological polar surface area (TPSA) is 47.3 Å². The number of halogens is 1. The van der Waals surface area contributed by atoms with Gasteiger partial charge in [-0.25, -0.2) is 4.39 Å². The van der Waals surface area contributed by atoms with Crippen LogP contribution < -0.4 is 16.0 Å². The highest BCUT2D eigenvalue weighted by atomic mass is 19.1. The van der Waals surface area contributed by atoms with Crippen LogP contribution in [0, 0.1) is 11.7 Å². The number of nitrogens with one attached hydrogen (secondary N) is 1. The molecule has 0 heterocycles. The SMILES string of the molecule is COc1ccc(F)cc1C(CC1CCCC1)NN. The molecule has 1 atom stereocenters. The molecular formula is C14H21FN2O. The summed E-state index contributed by atoms with van der Waals surface area (Å²) in [7, 11) is 1.60. The number of hydrogen-bond acceptors (Lipinski definition) is 3. The standard InChI is InChI=1S/C14H21FN2O/c1-18-14-7-6-11(15)9-12(14)13(17-16)8-10-4-2-3-5-10/h6-7,9-10,13,17H,2-5,8,16H2,1H3. The number of ether oxygens (including phenoxy) is 1. The lowest BCUT2D eigenvalue weighted by atomic mass is 9.93. The molecule has 0 amide bonds. The molecule has 0 aromatic heterocycles. The Balaban J connectivity index is 2.17. The fourth-order valence-corrected chi connectivity index (χ4v) is 2.84. The minimum Gasteiger partial charge on any atom is -0.496 e. The summed E-state index contributed by atoms with van der Waals surface area (Å²) >= 11 is 0. The second-order valence-electron chi connectivity index (χ2n) is 4.99. The Morgan fingerprint density at radius 1 is 1.44 bits per heavy atom. The van der Waals surface area contributed by atoms with Crippen molar-refractivity contribution in [1.29, 1.82) is 0 Å². The summed E-state index contributed by atoms with van der Waals surface area (Å²) in [6, 6.07) is 4.53. The molecule has 1 aromatic rings. The summed E-state index contributed by atoms with van der Waals surface area (Å²) in [5.74, 6) is 6.75. The van der Waals surface area contributed by atoms with Gasteiger partial charge in [-0.3, -0.25) is 11.3 Å². The maximum Gasteiger partial charge on any atom is 0.123 e. The zero-order chi connectivity index (χ0) is 13.0. The fourth-order valence-electron chi connectivity index (χ4n) is 2.84. The lowest BCUT2D eigenvalue weighted by molar-refractivity contribution is 0.368. The van der Waals surface area contributed by atoms with E-state index in [9.17, 15) is 4.39 Å². The van der Waals surface area contributed by atoms with E-state index < -0.39 is 0 Å². The Labute approximate surface area is 107 Å². The summed E-state index contributed by atoms with van der Waals surface area (Å²) in [5, 5.41) is 0. The van der Waals surface area contributed by atoms with Crippen molar-refractivity contribution in [3.63, 3.8) is 0 Å². The van der Waals surface area contributed by atoms with Crippen LogP contribution in [-0.4, -0.2) is 7.11 Å². The average molecular weight is 252 g/mol. The molecule has 1 unspecified atom stereocenters. The first-order chi connectivity index (χ1) is 8.74. The van der Waals surface area contributed by atoms with Crippen LogP contribution in [0.3, 0.4) is 0 Å². The molecule has 3 N–H and O–H groups in total. The van der Waals surface area contributed by atoms with Crippen LogP contribution in [0.2, 0.25) is 0 Å². The second-order valence-corrected chi connectivity index (χ2v) is 4.99. The van der Waals surface area contributed by atoms with Gasteiger partial charge in [0.1, 0.15) is 11.6 Å². The number of nitrogens with two attached hydrogens (primary N) is 1. The van der Waals surface area contributed by atoms with Gasteiger partial charge < -0.3 is 4.74 Å². The van der Waals surface area contributed by atoms with Gasteiger partial charge in [0.15, 0.2) is 0 Å². The first-order valence-electron chi connectivity index (χ1n) is 6.54. The van der Waals surface area contributed by atoms with E-state index in [0.29, 0.717) is 11.7 Å². The maximum atomic E-state index is 13.4. The number of hydrogen-bond donors (Lipinski definition) is 2. The van der Waals surface area contributed by atoms with Gasteiger partial charge in [0.05, 0.1) is 7.11 Å². The molecule has 1 aromatic carbocycles. The predicted molar refractivity (Wildman–Crippen MR) is 69.6 cm³/mol. The van der Waals surface area contributed by atoms with Crippen molar-refractivity contribution in [2.24, 2.45) is 11.8 Å². The van der Waals surface area contributed by atoms with Crippen molar-refractivity contribution < 1.29 is 9.13 Å². The van der Waals surface area contributed by atoms with Gasteiger partial charge in [0, 0.05) is 11.6 Å². The van der Waals surface area contributed by atoms with Crippen molar-refractivity contribution in [2.75, 3.05) is 7.11 Å². The first kappa shape index (κ1) is 13.3. The third-order valence-electron chi connectivity index (χ3n) is 3.81. The normalized spacial score (nSPS) is 17.9. The number of benzene rings is 1. The van der Waals surface area contributed by atoms with Gasteiger partial charge >= 0.3 is 0 Å². The highest BCUT2D eigenvalue weighted by Crippen LogP contribution is 2.35. The molecule has 1 saturated carbocycles. The van der Waals surface area contributed by atoms with Crippen LogP contribution in [-0.2, 0) is 0 Å². The quantitative estimate of drug-likeness (QED) is 0.625. The van der Waals surface area contributed by atoms with Crippen molar-refractivity contribution in [3.8, 4) is 5.75 Å². The van der Waals surface area contributed by atoms with Crippen LogP contribution in [0.5, 0.6) is 5.75 Å². The van der Waals surface area contributed by atoms with Gasteiger partial charge in [-0.2, -0.15) is 0 Å². The molecule has 1 fully saturated rings. The van der Waals surface area contributed by atoms with Crippen molar-refractivity contribution >= 4 is 0 Å². The zero-order valence-electron chi connectivity index (χ0n) is 10.8. The van der Waals surface area contributed by atoms with Crippen molar-refractivity contribution in [1.82, 2.24) is 5.43 Å². The lowest BCUT2D eigenvalue weighted by Gasteiger charge is -2.22. The Kier molecular flexibility index (Phi) is 4.55. The van der Waals surface area contributed by atoms with Gasteiger partial charge in [0.25, 0.3) is 0 Å². The Morgan fingerprint density at radius 2 is 2.17 bits per heavy atom. The Morgan fingerprint density at radius 3 is 2.78 bits per heavy atom. The third kappa shape index (κ3) is 3.00. The molecule has 18 heavy (non-hydrogen) atoms. The van der Waals surface area contributed by atoms with Crippen LogP contribution in [0.15, 0.2) is 18.2 Å². The third-order valence-corrected chi connectivity index (χ3v) is 3.81. The predicted octanol–water partition coefficient (Wildman–Crippen LogP) is 2.92. The van der Waals surface area contributed by atoms with E-state index >= 15 is 0 Å². The fraction of sp³-hybridized carbons (Fsp3) is 0.571. The van der Waals surface area contributed by atoms with Crippen LogP contribution in [0.4, 0.5) is 4.39 Å².